The van der Waals surface area contributed by atoms with E-state index in [0.717, 1.165) is 27.8 Å². The van der Waals surface area contributed by atoms with Crippen LogP contribution in [-0.4, -0.2) is 18.3 Å². The summed E-state index contributed by atoms with van der Waals surface area (Å²) in [6, 6.07) is 12.0. The van der Waals surface area contributed by atoms with Crippen LogP contribution in [0.5, 0.6) is 5.75 Å². The predicted molar refractivity (Wildman–Crippen MR) is 96.1 cm³/mol. The molecule has 4 nitrogen and oxygen atoms in total. The minimum Gasteiger partial charge on any atom is -0.497 e. The van der Waals surface area contributed by atoms with Crippen molar-refractivity contribution >= 4 is 44.7 Å². The maximum atomic E-state index is 6.02. The van der Waals surface area contributed by atoms with Gasteiger partial charge in [0, 0.05) is 12.6 Å². The van der Waals surface area contributed by atoms with Crippen LogP contribution in [0.2, 0.25) is 0 Å². The van der Waals surface area contributed by atoms with Crippen molar-refractivity contribution in [2.24, 2.45) is 0 Å². The second-order valence-electron chi connectivity index (χ2n) is 4.79. The minimum atomic E-state index is 0.683. The molecule has 0 bridgehead atoms. The van der Waals surface area contributed by atoms with E-state index in [1.165, 1.54) is 10.3 Å². The van der Waals surface area contributed by atoms with Gasteiger partial charge in [-0.2, -0.15) is 0 Å². The number of nitrogen functional groups attached to an aromatic ring is 1. The van der Waals surface area contributed by atoms with Gasteiger partial charge in [-0.25, -0.2) is 4.98 Å². The fraction of sp³-hybridized carbons (Fsp3) is 0.188. The molecule has 6 heteroatoms. The zero-order chi connectivity index (χ0) is 15.5. The van der Waals surface area contributed by atoms with Crippen molar-refractivity contribution in [3.05, 3.63) is 42.0 Å². The number of nitrogens with one attached hydrogen (secondary N) is 1. The second kappa shape index (κ2) is 6.46. The maximum Gasteiger partial charge on any atom is 0.150 e. The molecule has 0 aliphatic carbocycles. The normalized spacial score (nSPS) is 10.8. The van der Waals surface area contributed by atoms with Gasteiger partial charge in [-0.1, -0.05) is 17.8 Å². The average molecular weight is 331 g/mol. The Kier molecular flexibility index (Phi) is 4.40. The van der Waals surface area contributed by atoms with Gasteiger partial charge in [-0.15, -0.1) is 11.3 Å². The smallest absolute Gasteiger partial charge is 0.150 e. The fourth-order valence-electron chi connectivity index (χ4n) is 2.17. The summed E-state index contributed by atoms with van der Waals surface area (Å²) in [7, 11) is 1.63. The van der Waals surface area contributed by atoms with Crippen LogP contribution < -0.4 is 15.8 Å². The molecule has 0 aliphatic rings. The Morgan fingerprint density at radius 3 is 2.86 bits per heavy atom. The van der Waals surface area contributed by atoms with E-state index in [0.29, 0.717) is 5.69 Å². The van der Waals surface area contributed by atoms with E-state index in [1.54, 1.807) is 30.2 Å². The molecular formula is C16H17N3OS2. The lowest BCUT2D eigenvalue weighted by molar-refractivity contribution is 0.415. The summed E-state index contributed by atoms with van der Waals surface area (Å²) in [5.74, 6) is 0.763. The largest absolute Gasteiger partial charge is 0.497 e. The molecule has 0 spiro atoms. The molecule has 0 radical (unpaired) electrons. The van der Waals surface area contributed by atoms with Crippen molar-refractivity contribution in [2.45, 2.75) is 10.9 Å². The number of aromatic nitrogens is 1. The monoisotopic (exact) mass is 331 g/mol. The first-order valence-corrected chi connectivity index (χ1v) is 8.84. The lowest BCUT2D eigenvalue weighted by atomic mass is 10.2. The SMILES string of the molecule is COc1ccc(NCc2ccc3nc(SC)sc3c2)c(N)c1. The number of anilines is 2. The molecule has 0 atom stereocenters. The van der Waals surface area contributed by atoms with Crippen LogP contribution in [0.3, 0.4) is 0 Å². The zero-order valence-electron chi connectivity index (χ0n) is 12.4. The molecule has 1 heterocycles. The third kappa shape index (κ3) is 3.13. The number of rotatable bonds is 5. The van der Waals surface area contributed by atoms with E-state index in [4.69, 9.17) is 10.5 Å². The van der Waals surface area contributed by atoms with E-state index in [2.05, 4.69) is 28.5 Å². The maximum absolute atomic E-state index is 6.02. The van der Waals surface area contributed by atoms with Gasteiger partial charge in [0.1, 0.15) is 5.75 Å². The van der Waals surface area contributed by atoms with Gasteiger partial charge in [0.05, 0.1) is 28.7 Å². The number of methoxy groups -OCH3 is 1. The molecule has 1 aromatic heterocycles. The molecule has 0 saturated carbocycles. The first-order chi connectivity index (χ1) is 10.7. The van der Waals surface area contributed by atoms with E-state index in [-0.39, 0.29) is 0 Å². The molecule has 3 N–H and O–H groups in total. The second-order valence-corrected chi connectivity index (χ2v) is 6.88. The topological polar surface area (TPSA) is 60.2 Å². The highest BCUT2D eigenvalue weighted by molar-refractivity contribution is 8.00. The Balaban J connectivity index is 1.75. The van der Waals surface area contributed by atoms with Crippen molar-refractivity contribution in [2.75, 3.05) is 24.4 Å². The minimum absolute atomic E-state index is 0.683. The number of ether oxygens (including phenoxy) is 1. The molecule has 0 amide bonds. The highest BCUT2D eigenvalue weighted by atomic mass is 32.2. The van der Waals surface area contributed by atoms with Crippen LogP contribution in [0.25, 0.3) is 10.2 Å². The highest BCUT2D eigenvalue weighted by Gasteiger charge is 2.05. The summed E-state index contributed by atoms with van der Waals surface area (Å²) < 4.78 is 7.47. The van der Waals surface area contributed by atoms with Gasteiger partial charge in [0.25, 0.3) is 0 Å². The van der Waals surface area contributed by atoms with E-state index in [9.17, 15) is 0 Å². The van der Waals surface area contributed by atoms with Gasteiger partial charge in [-0.3, -0.25) is 0 Å². The molecule has 0 fully saturated rings. The summed E-state index contributed by atoms with van der Waals surface area (Å²) in [5.41, 5.74) is 9.88. The number of benzene rings is 2. The zero-order valence-corrected chi connectivity index (χ0v) is 14.1. The number of nitrogens with two attached hydrogens (primary N) is 1. The van der Waals surface area contributed by atoms with E-state index < -0.39 is 0 Å². The van der Waals surface area contributed by atoms with Gasteiger partial charge < -0.3 is 15.8 Å². The number of hydrogen-bond donors (Lipinski definition) is 2. The first kappa shape index (κ1) is 15.0. The molecule has 0 unspecified atom stereocenters. The Hall–Kier alpha value is -1.92. The number of nitrogens with zero attached hydrogens (tertiary/aromatic N) is 1. The van der Waals surface area contributed by atoms with Crippen molar-refractivity contribution in [1.29, 1.82) is 0 Å². The lowest BCUT2D eigenvalue weighted by Crippen LogP contribution is -2.02. The quantitative estimate of drug-likeness (QED) is 0.541. The van der Waals surface area contributed by atoms with Crippen molar-refractivity contribution < 1.29 is 4.74 Å². The Morgan fingerprint density at radius 1 is 1.27 bits per heavy atom. The van der Waals surface area contributed by atoms with Gasteiger partial charge in [0.2, 0.25) is 0 Å². The Morgan fingerprint density at radius 2 is 2.14 bits per heavy atom. The van der Waals surface area contributed by atoms with Crippen LogP contribution in [0, 0.1) is 0 Å². The molecule has 2 aromatic carbocycles. The number of thioether (sulfide) groups is 1. The highest BCUT2D eigenvalue weighted by Crippen LogP contribution is 2.29. The predicted octanol–water partition coefficient (Wildman–Crippen LogP) is 4.22. The van der Waals surface area contributed by atoms with Crippen LogP contribution in [0.15, 0.2) is 40.7 Å². The first-order valence-electron chi connectivity index (χ1n) is 6.80. The molecule has 0 aliphatic heterocycles. The molecule has 0 saturated heterocycles. The summed E-state index contributed by atoms with van der Waals surface area (Å²) in [6.07, 6.45) is 2.05. The van der Waals surface area contributed by atoms with Crippen LogP contribution in [0.1, 0.15) is 5.56 Å². The van der Waals surface area contributed by atoms with E-state index >= 15 is 0 Å². The Labute approximate surface area is 137 Å². The third-order valence-electron chi connectivity index (χ3n) is 3.35. The van der Waals surface area contributed by atoms with Crippen LogP contribution >= 0.6 is 23.1 Å². The van der Waals surface area contributed by atoms with Crippen LogP contribution in [0.4, 0.5) is 11.4 Å². The van der Waals surface area contributed by atoms with Crippen LogP contribution in [-0.2, 0) is 6.54 Å². The Bertz CT molecular complexity index is 801. The molecule has 3 rings (SSSR count). The number of fused-ring (bicyclic) bond motifs is 1. The standard InChI is InChI=1S/C16H17N3OS2/c1-20-11-4-6-13(12(17)8-11)18-9-10-3-5-14-15(7-10)22-16(19-14)21-2/h3-8,18H,9,17H2,1-2H3. The fourth-order valence-corrected chi connectivity index (χ4v) is 3.72. The summed E-state index contributed by atoms with van der Waals surface area (Å²) in [5, 5.41) is 3.36. The number of thiazole rings is 1. The van der Waals surface area contributed by atoms with E-state index in [1.807, 2.05) is 24.5 Å². The van der Waals surface area contributed by atoms with Gasteiger partial charge in [0.15, 0.2) is 4.34 Å². The summed E-state index contributed by atoms with van der Waals surface area (Å²) >= 11 is 3.40. The molecular weight excluding hydrogens is 314 g/mol. The molecule has 114 valence electrons. The molecule has 22 heavy (non-hydrogen) atoms. The van der Waals surface area contributed by atoms with Gasteiger partial charge in [-0.05, 0) is 36.1 Å². The number of hydrogen-bond acceptors (Lipinski definition) is 6. The van der Waals surface area contributed by atoms with Crippen molar-refractivity contribution in [3.8, 4) is 5.75 Å². The van der Waals surface area contributed by atoms with Gasteiger partial charge >= 0.3 is 0 Å². The lowest BCUT2D eigenvalue weighted by Gasteiger charge is -2.10. The summed E-state index contributed by atoms with van der Waals surface area (Å²) in [4.78, 5) is 4.55. The van der Waals surface area contributed by atoms with Crippen molar-refractivity contribution in [3.63, 3.8) is 0 Å². The average Bonchev–Trinajstić information content (AvgIpc) is 2.96. The third-order valence-corrected chi connectivity index (χ3v) is 5.35. The molecule has 3 aromatic rings. The summed E-state index contributed by atoms with van der Waals surface area (Å²) in [6.45, 7) is 0.721. The van der Waals surface area contributed by atoms with Crippen molar-refractivity contribution in [1.82, 2.24) is 4.98 Å².